The zero-order valence-electron chi connectivity index (χ0n) is 12.6. The van der Waals surface area contributed by atoms with Gasteiger partial charge in [-0.25, -0.2) is 4.79 Å². The molecule has 7 heteroatoms. The SMILES string of the molecule is Cc1ccc(Cl)c(OC(C)C(=O)NCc2ccc(C(=O)O)o2)c1. The van der Waals surface area contributed by atoms with Crippen molar-refractivity contribution in [2.75, 3.05) is 0 Å². The summed E-state index contributed by atoms with van der Waals surface area (Å²) in [5.74, 6) is -0.925. The molecular weight excluding hydrogens is 322 g/mol. The Balaban J connectivity index is 1.91. The summed E-state index contributed by atoms with van der Waals surface area (Å²) in [5, 5.41) is 11.8. The Bertz CT molecular complexity index is 725. The van der Waals surface area contributed by atoms with Gasteiger partial charge in [0.05, 0.1) is 11.6 Å². The van der Waals surface area contributed by atoms with Crippen molar-refractivity contribution >= 4 is 23.5 Å². The molecule has 0 radical (unpaired) electrons. The lowest BCUT2D eigenvalue weighted by atomic mass is 10.2. The fourth-order valence-corrected chi connectivity index (χ4v) is 2.01. The third kappa shape index (κ3) is 4.50. The first-order chi connectivity index (χ1) is 10.9. The number of nitrogens with one attached hydrogen (secondary N) is 1. The van der Waals surface area contributed by atoms with Crippen LogP contribution in [0.15, 0.2) is 34.7 Å². The van der Waals surface area contributed by atoms with E-state index >= 15 is 0 Å². The maximum absolute atomic E-state index is 12.0. The van der Waals surface area contributed by atoms with Gasteiger partial charge in [-0.3, -0.25) is 4.79 Å². The van der Waals surface area contributed by atoms with Gasteiger partial charge in [-0.15, -0.1) is 0 Å². The first-order valence-corrected chi connectivity index (χ1v) is 7.27. The van der Waals surface area contributed by atoms with Crippen molar-refractivity contribution in [1.29, 1.82) is 0 Å². The summed E-state index contributed by atoms with van der Waals surface area (Å²) >= 11 is 6.02. The smallest absolute Gasteiger partial charge is 0.371 e. The summed E-state index contributed by atoms with van der Waals surface area (Å²) in [7, 11) is 0. The second-order valence-corrected chi connectivity index (χ2v) is 5.39. The van der Waals surface area contributed by atoms with Crippen molar-refractivity contribution in [3.63, 3.8) is 0 Å². The molecule has 1 unspecified atom stereocenters. The fourth-order valence-electron chi connectivity index (χ4n) is 1.85. The molecule has 0 saturated carbocycles. The maximum atomic E-state index is 12.0. The number of hydrogen-bond donors (Lipinski definition) is 2. The van der Waals surface area contributed by atoms with Gasteiger partial charge in [0.25, 0.3) is 5.91 Å². The quantitative estimate of drug-likeness (QED) is 0.845. The number of carboxylic acid groups (broad SMARTS) is 1. The summed E-state index contributed by atoms with van der Waals surface area (Å²) < 4.78 is 10.6. The van der Waals surface area contributed by atoms with Gasteiger partial charge in [0.2, 0.25) is 5.76 Å². The number of ether oxygens (including phenoxy) is 1. The number of carbonyl (C=O) groups is 2. The van der Waals surface area contributed by atoms with Gasteiger partial charge in [-0.1, -0.05) is 17.7 Å². The third-order valence-corrected chi connectivity index (χ3v) is 3.38. The van der Waals surface area contributed by atoms with Gasteiger partial charge < -0.3 is 19.6 Å². The molecule has 2 aromatic rings. The number of halogens is 1. The van der Waals surface area contributed by atoms with Crippen LogP contribution in [-0.4, -0.2) is 23.1 Å². The summed E-state index contributed by atoms with van der Waals surface area (Å²) in [4.78, 5) is 22.7. The molecule has 1 atom stereocenters. The highest BCUT2D eigenvalue weighted by Gasteiger charge is 2.17. The van der Waals surface area contributed by atoms with E-state index in [-0.39, 0.29) is 18.2 Å². The minimum absolute atomic E-state index is 0.0708. The number of benzene rings is 1. The Morgan fingerprint density at radius 3 is 2.74 bits per heavy atom. The van der Waals surface area contributed by atoms with Crippen molar-refractivity contribution in [3.05, 3.63) is 52.4 Å². The molecule has 0 saturated heterocycles. The summed E-state index contributed by atoms with van der Waals surface area (Å²) in [6.07, 6.45) is -0.761. The van der Waals surface area contributed by atoms with Gasteiger partial charge in [0.15, 0.2) is 6.10 Å². The lowest BCUT2D eigenvalue weighted by Crippen LogP contribution is -2.35. The van der Waals surface area contributed by atoms with Crippen LogP contribution in [0, 0.1) is 6.92 Å². The fraction of sp³-hybridized carbons (Fsp3) is 0.250. The Morgan fingerprint density at radius 1 is 1.35 bits per heavy atom. The van der Waals surface area contributed by atoms with Crippen molar-refractivity contribution in [2.45, 2.75) is 26.5 Å². The number of aromatic carboxylic acids is 1. The predicted molar refractivity (Wildman–Crippen MR) is 83.8 cm³/mol. The minimum Gasteiger partial charge on any atom is -0.479 e. The van der Waals surface area contributed by atoms with Crippen molar-refractivity contribution < 1.29 is 23.8 Å². The molecule has 0 aliphatic rings. The lowest BCUT2D eigenvalue weighted by molar-refractivity contribution is -0.127. The van der Waals surface area contributed by atoms with Crippen LogP contribution in [0.4, 0.5) is 0 Å². The maximum Gasteiger partial charge on any atom is 0.371 e. The zero-order valence-corrected chi connectivity index (χ0v) is 13.4. The monoisotopic (exact) mass is 337 g/mol. The highest BCUT2D eigenvalue weighted by atomic mass is 35.5. The Kier molecular flexibility index (Phi) is 5.28. The van der Waals surface area contributed by atoms with Gasteiger partial charge >= 0.3 is 5.97 Å². The van der Waals surface area contributed by atoms with Crippen molar-refractivity contribution in [2.24, 2.45) is 0 Å². The van der Waals surface area contributed by atoms with Crippen LogP contribution in [0.5, 0.6) is 5.75 Å². The second kappa shape index (κ2) is 7.19. The van der Waals surface area contributed by atoms with Crippen LogP contribution < -0.4 is 10.1 Å². The number of carbonyl (C=O) groups excluding carboxylic acids is 1. The molecular formula is C16H16ClNO5. The molecule has 2 N–H and O–H groups in total. The topological polar surface area (TPSA) is 88.8 Å². The van der Waals surface area contributed by atoms with E-state index in [2.05, 4.69) is 5.32 Å². The molecule has 1 amide bonds. The first kappa shape index (κ1) is 16.9. The van der Waals surface area contributed by atoms with Gasteiger partial charge in [0.1, 0.15) is 11.5 Å². The Morgan fingerprint density at radius 2 is 2.09 bits per heavy atom. The van der Waals surface area contributed by atoms with E-state index in [9.17, 15) is 9.59 Å². The molecule has 0 spiro atoms. The molecule has 1 aromatic heterocycles. The van der Waals surface area contributed by atoms with E-state index < -0.39 is 12.1 Å². The van der Waals surface area contributed by atoms with E-state index in [1.54, 1.807) is 19.1 Å². The number of rotatable bonds is 6. The summed E-state index contributed by atoms with van der Waals surface area (Å²) in [6, 6.07) is 8.12. The van der Waals surface area contributed by atoms with E-state index in [0.717, 1.165) is 5.56 Å². The van der Waals surface area contributed by atoms with Crippen molar-refractivity contribution in [1.82, 2.24) is 5.32 Å². The van der Waals surface area contributed by atoms with E-state index in [1.165, 1.54) is 12.1 Å². The Labute approximate surface area is 138 Å². The first-order valence-electron chi connectivity index (χ1n) is 6.89. The number of furan rings is 1. The minimum atomic E-state index is -1.16. The van der Waals surface area contributed by atoms with Gasteiger partial charge in [0, 0.05) is 0 Å². The number of carboxylic acids is 1. The standard InChI is InChI=1S/C16H16ClNO5/c1-9-3-5-12(17)14(7-9)22-10(2)15(19)18-8-11-4-6-13(23-11)16(20)21/h3-7,10H,8H2,1-2H3,(H,18,19)(H,20,21). The molecule has 23 heavy (non-hydrogen) atoms. The molecule has 122 valence electrons. The van der Waals surface area contributed by atoms with Gasteiger partial charge in [-0.2, -0.15) is 0 Å². The third-order valence-electron chi connectivity index (χ3n) is 3.07. The molecule has 0 aliphatic heterocycles. The number of hydrogen-bond acceptors (Lipinski definition) is 4. The molecule has 2 rings (SSSR count). The zero-order chi connectivity index (χ0) is 17.0. The van der Waals surface area contributed by atoms with E-state index in [1.807, 2.05) is 13.0 Å². The number of aryl methyl sites for hydroxylation is 1. The van der Waals surface area contributed by atoms with E-state index in [4.69, 9.17) is 25.9 Å². The second-order valence-electron chi connectivity index (χ2n) is 4.98. The molecule has 1 aromatic carbocycles. The molecule has 0 bridgehead atoms. The average molecular weight is 338 g/mol. The summed E-state index contributed by atoms with van der Waals surface area (Å²) in [5.41, 5.74) is 0.966. The van der Waals surface area contributed by atoms with Crippen LogP contribution in [0.2, 0.25) is 5.02 Å². The molecule has 1 heterocycles. The molecule has 6 nitrogen and oxygen atoms in total. The molecule has 0 aliphatic carbocycles. The summed E-state index contributed by atoms with van der Waals surface area (Å²) in [6.45, 7) is 3.56. The average Bonchev–Trinajstić information content (AvgIpc) is 2.97. The largest absolute Gasteiger partial charge is 0.479 e. The van der Waals surface area contributed by atoms with Crippen molar-refractivity contribution in [3.8, 4) is 5.75 Å². The Hall–Kier alpha value is -2.47. The van der Waals surface area contributed by atoms with Crippen LogP contribution in [0.25, 0.3) is 0 Å². The number of amides is 1. The van der Waals surface area contributed by atoms with Crippen LogP contribution in [0.3, 0.4) is 0 Å². The highest BCUT2D eigenvalue weighted by Crippen LogP contribution is 2.26. The lowest BCUT2D eigenvalue weighted by Gasteiger charge is -2.15. The van der Waals surface area contributed by atoms with Gasteiger partial charge in [-0.05, 0) is 43.7 Å². The van der Waals surface area contributed by atoms with Crippen LogP contribution in [-0.2, 0) is 11.3 Å². The predicted octanol–water partition coefficient (Wildman–Crippen LogP) is 3.02. The van der Waals surface area contributed by atoms with Crippen LogP contribution in [0.1, 0.15) is 28.8 Å². The molecule has 0 fully saturated rings. The van der Waals surface area contributed by atoms with Crippen LogP contribution >= 0.6 is 11.6 Å². The van der Waals surface area contributed by atoms with E-state index in [0.29, 0.717) is 16.5 Å². The normalized spacial score (nSPS) is 11.8. The highest BCUT2D eigenvalue weighted by molar-refractivity contribution is 6.32.